The Morgan fingerprint density at radius 2 is 2.04 bits per heavy atom. The normalized spacial score (nSPS) is 37.0. The van der Waals surface area contributed by atoms with Gasteiger partial charge in [0.15, 0.2) is 0 Å². The molecule has 5 atom stereocenters. The molecule has 6 rings (SSSR count). The third-order valence-electron chi connectivity index (χ3n) is 6.37. The van der Waals surface area contributed by atoms with Gasteiger partial charge < -0.3 is 20.5 Å². The summed E-state index contributed by atoms with van der Waals surface area (Å²) in [5, 5.41) is 24.7. The number of carboxylic acids is 1. The zero-order chi connectivity index (χ0) is 16.5. The number of pyridine rings is 1. The smallest absolute Gasteiger partial charge is 0.339 e. The molecule has 6 nitrogen and oxygen atoms in total. The van der Waals surface area contributed by atoms with E-state index in [2.05, 4.69) is 15.3 Å². The van der Waals surface area contributed by atoms with Crippen LogP contribution in [0, 0.1) is 17.8 Å². The molecule has 1 unspecified atom stereocenters. The minimum absolute atomic E-state index is 0.217. The van der Waals surface area contributed by atoms with Crippen molar-refractivity contribution in [3.63, 3.8) is 0 Å². The second-order valence-electron chi connectivity index (χ2n) is 7.96. The van der Waals surface area contributed by atoms with Crippen molar-refractivity contribution in [1.82, 2.24) is 9.97 Å². The van der Waals surface area contributed by atoms with Crippen molar-refractivity contribution in [3.8, 4) is 0 Å². The Bertz CT molecular complexity index is 814. The van der Waals surface area contributed by atoms with E-state index in [0.717, 1.165) is 37.5 Å². The topological polar surface area (TPSA) is 98.2 Å². The predicted molar refractivity (Wildman–Crippen MR) is 89.0 cm³/mol. The van der Waals surface area contributed by atoms with E-state index < -0.39 is 11.6 Å². The monoisotopic (exact) mass is 327 g/mol. The largest absolute Gasteiger partial charge is 0.478 e. The van der Waals surface area contributed by atoms with Crippen molar-refractivity contribution in [1.29, 1.82) is 0 Å². The van der Waals surface area contributed by atoms with Crippen LogP contribution in [-0.2, 0) is 0 Å². The molecule has 0 saturated heterocycles. The van der Waals surface area contributed by atoms with Crippen LogP contribution < -0.4 is 5.32 Å². The van der Waals surface area contributed by atoms with E-state index in [9.17, 15) is 15.0 Å². The Morgan fingerprint density at radius 1 is 1.29 bits per heavy atom. The van der Waals surface area contributed by atoms with Gasteiger partial charge in [-0.15, -0.1) is 0 Å². The van der Waals surface area contributed by atoms with Gasteiger partial charge in [-0.3, -0.25) is 0 Å². The third-order valence-corrected chi connectivity index (χ3v) is 6.37. The Kier molecular flexibility index (Phi) is 2.81. The summed E-state index contributed by atoms with van der Waals surface area (Å²) in [5.41, 5.74) is 1.10. The SMILES string of the molecule is O=C(O)c1cnc2[nH]ccc2c1N[C@@H]1[C@@H]2CC3C[C@H]1C[C@@](O)(C3)C2. The highest BCUT2D eigenvalue weighted by atomic mass is 16.4. The first-order chi connectivity index (χ1) is 11.5. The van der Waals surface area contributed by atoms with Gasteiger partial charge in [-0.1, -0.05) is 0 Å². The highest BCUT2D eigenvalue weighted by Gasteiger charge is 2.54. The number of hydrogen-bond acceptors (Lipinski definition) is 4. The van der Waals surface area contributed by atoms with E-state index in [4.69, 9.17) is 0 Å². The fraction of sp³-hybridized carbons (Fsp3) is 0.556. The Hall–Kier alpha value is -2.08. The lowest BCUT2D eigenvalue weighted by Gasteiger charge is -2.58. The molecular formula is C18H21N3O3. The zero-order valence-electron chi connectivity index (χ0n) is 13.3. The lowest BCUT2D eigenvalue weighted by molar-refractivity contribution is -0.129. The molecule has 2 aromatic heterocycles. The quantitative estimate of drug-likeness (QED) is 0.695. The summed E-state index contributed by atoms with van der Waals surface area (Å²) in [4.78, 5) is 18.9. The zero-order valence-corrected chi connectivity index (χ0v) is 13.3. The molecule has 126 valence electrons. The summed E-state index contributed by atoms with van der Waals surface area (Å²) in [6.45, 7) is 0. The maximum absolute atomic E-state index is 11.7. The number of aliphatic hydroxyl groups is 1. The lowest BCUT2D eigenvalue weighted by Crippen LogP contribution is -2.59. The molecule has 4 saturated carbocycles. The molecule has 4 N–H and O–H groups in total. The van der Waals surface area contributed by atoms with Gasteiger partial charge in [-0.05, 0) is 55.9 Å². The molecular weight excluding hydrogens is 306 g/mol. The van der Waals surface area contributed by atoms with Gasteiger partial charge >= 0.3 is 5.97 Å². The summed E-state index contributed by atoms with van der Waals surface area (Å²) in [5.74, 6) is 0.514. The van der Waals surface area contributed by atoms with Crippen LogP contribution in [0.5, 0.6) is 0 Å². The number of hydrogen-bond donors (Lipinski definition) is 4. The number of H-pyrrole nitrogens is 1. The van der Waals surface area contributed by atoms with Crippen molar-refractivity contribution < 1.29 is 15.0 Å². The molecule has 4 fully saturated rings. The standard InChI is InChI=1S/C18H21N3O3/c22-17(23)13-8-20-16-12(1-2-19-16)15(13)21-14-10-3-9-4-11(14)7-18(24,5-9)6-10/h1-2,8-11,14,24H,3-7H2,(H,22,23)(H2,19,20,21)/t9?,10-,11+,14-,18-. The second kappa shape index (κ2) is 4.72. The number of aromatic amines is 1. The number of nitrogens with one attached hydrogen (secondary N) is 2. The number of aromatic carboxylic acids is 1. The number of fused-ring (bicyclic) bond motifs is 1. The molecule has 0 aliphatic heterocycles. The molecule has 2 aromatic rings. The van der Waals surface area contributed by atoms with Crippen LogP contribution in [0.3, 0.4) is 0 Å². The highest BCUT2D eigenvalue weighted by Crippen LogP contribution is 2.56. The van der Waals surface area contributed by atoms with Gasteiger partial charge in [0.25, 0.3) is 0 Å². The Labute approximate surface area is 139 Å². The molecule has 0 spiro atoms. The van der Waals surface area contributed by atoms with Crippen LogP contribution in [0.1, 0.15) is 42.5 Å². The van der Waals surface area contributed by atoms with E-state index in [0.29, 0.717) is 29.1 Å². The minimum atomic E-state index is -0.962. The maximum Gasteiger partial charge on any atom is 0.339 e. The minimum Gasteiger partial charge on any atom is -0.478 e. The van der Waals surface area contributed by atoms with Gasteiger partial charge in [0.05, 0.1) is 11.3 Å². The predicted octanol–water partition coefficient (Wildman–Crippen LogP) is 2.61. The first kappa shape index (κ1) is 14.3. The maximum atomic E-state index is 11.7. The molecule has 4 bridgehead atoms. The number of nitrogens with zero attached hydrogens (tertiary/aromatic N) is 1. The van der Waals surface area contributed by atoms with Crippen LogP contribution in [0.15, 0.2) is 18.5 Å². The van der Waals surface area contributed by atoms with Crippen molar-refractivity contribution >= 4 is 22.7 Å². The Morgan fingerprint density at radius 3 is 2.71 bits per heavy atom. The summed E-state index contributed by atoms with van der Waals surface area (Å²) >= 11 is 0. The van der Waals surface area contributed by atoms with Gasteiger partial charge in [-0.2, -0.15) is 0 Å². The van der Waals surface area contributed by atoms with Crippen LogP contribution in [0.25, 0.3) is 11.0 Å². The first-order valence-electron chi connectivity index (χ1n) is 8.71. The second-order valence-corrected chi connectivity index (χ2v) is 7.96. The molecule has 0 radical (unpaired) electrons. The van der Waals surface area contributed by atoms with Crippen molar-refractivity contribution in [2.45, 2.75) is 43.7 Å². The van der Waals surface area contributed by atoms with Crippen LogP contribution >= 0.6 is 0 Å². The molecule has 0 aromatic carbocycles. The molecule has 2 heterocycles. The van der Waals surface area contributed by atoms with Crippen LogP contribution in [0.4, 0.5) is 5.69 Å². The first-order valence-corrected chi connectivity index (χ1v) is 8.71. The fourth-order valence-electron chi connectivity index (χ4n) is 5.71. The van der Waals surface area contributed by atoms with Gasteiger partial charge in [-0.25, -0.2) is 9.78 Å². The summed E-state index contributed by atoms with van der Waals surface area (Å²) in [7, 11) is 0. The summed E-state index contributed by atoms with van der Waals surface area (Å²) in [6, 6.07) is 2.11. The van der Waals surface area contributed by atoms with E-state index in [1.807, 2.05) is 6.07 Å². The average molecular weight is 327 g/mol. The van der Waals surface area contributed by atoms with Crippen LogP contribution in [-0.4, -0.2) is 37.8 Å². The molecule has 6 heteroatoms. The number of anilines is 1. The van der Waals surface area contributed by atoms with E-state index in [1.54, 1.807) is 6.20 Å². The number of carboxylic acid groups (broad SMARTS) is 1. The summed E-state index contributed by atoms with van der Waals surface area (Å²) in [6.07, 6.45) is 8.11. The molecule has 4 aliphatic carbocycles. The van der Waals surface area contributed by atoms with Gasteiger partial charge in [0.1, 0.15) is 11.2 Å². The van der Waals surface area contributed by atoms with Gasteiger partial charge in [0, 0.05) is 23.8 Å². The van der Waals surface area contributed by atoms with E-state index >= 15 is 0 Å². The van der Waals surface area contributed by atoms with E-state index in [-0.39, 0.29) is 11.6 Å². The average Bonchev–Trinajstić information content (AvgIpc) is 2.97. The van der Waals surface area contributed by atoms with Gasteiger partial charge in [0.2, 0.25) is 0 Å². The number of rotatable bonds is 3. The van der Waals surface area contributed by atoms with Crippen molar-refractivity contribution in [2.24, 2.45) is 17.8 Å². The van der Waals surface area contributed by atoms with Crippen molar-refractivity contribution in [2.75, 3.05) is 5.32 Å². The van der Waals surface area contributed by atoms with E-state index in [1.165, 1.54) is 6.20 Å². The van der Waals surface area contributed by atoms with Crippen molar-refractivity contribution in [3.05, 3.63) is 24.0 Å². The molecule has 0 amide bonds. The lowest BCUT2D eigenvalue weighted by atomic mass is 9.52. The molecule has 4 aliphatic rings. The van der Waals surface area contributed by atoms with Crippen LogP contribution in [0.2, 0.25) is 0 Å². The number of aromatic nitrogens is 2. The number of carbonyl (C=O) groups is 1. The third kappa shape index (κ3) is 1.99. The highest BCUT2D eigenvalue weighted by molar-refractivity contribution is 6.03. The Balaban J connectivity index is 1.54. The fourth-order valence-corrected chi connectivity index (χ4v) is 5.71. The molecule has 24 heavy (non-hydrogen) atoms. The summed E-state index contributed by atoms with van der Waals surface area (Å²) < 4.78 is 0.